The number of thiazole rings is 1. The maximum atomic E-state index is 13.0. The fourth-order valence-corrected chi connectivity index (χ4v) is 4.20. The van der Waals surface area contributed by atoms with E-state index in [-0.39, 0.29) is 18.1 Å². The molecule has 1 N–H and O–H groups in total. The number of nitrogens with zero attached hydrogens (tertiary/aromatic N) is 3. The number of hydrogen-bond acceptors (Lipinski definition) is 6. The summed E-state index contributed by atoms with van der Waals surface area (Å²) in [5.41, 5.74) is 2.64. The molecule has 0 spiro atoms. The van der Waals surface area contributed by atoms with E-state index >= 15 is 0 Å². The molecule has 0 aliphatic carbocycles. The van der Waals surface area contributed by atoms with E-state index in [2.05, 4.69) is 20.5 Å². The van der Waals surface area contributed by atoms with Crippen LogP contribution in [0.2, 0.25) is 0 Å². The number of anilines is 1. The van der Waals surface area contributed by atoms with Gasteiger partial charge in [-0.1, -0.05) is 41.7 Å². The molecule has 0 atom stereocenters. The number of carbonyl (C=O) groups is 1. The summed E-state index contributed by atoms with van der Waals surface area (Å²) in [5.74, 6) is -0.484. The van der Waals surface area contributed by atoms with Crippen LogP contribution in [0.3, 0.4) is 0 Å². The first kappa shape index (κ1) is 18.4. The Hall–Kier alpha value is -2.97. The predicted molar refractivity (Wildman–Crippen MR) is 109 cm³/mol. The quantitative estimate of drug-likeness (QED) is 0.505. The number of hydrogen-bond donors (Lipinski definition) is 1. The first-order valence-electron chi connectivity index (χ1n) is 8.52. The second kappa shape index (κ2) is 8.37. The lowest BCUT2D eigenvalue weighted by Crippen LogP contribution is -2.14. The fraction of sp³-hybridized carbons (Fsp3) is 0.100. The zero-order valence-electron chi connectivity index (χ0n) is 14.6. The Bertz CT molecular complexity index is 1080. The zero-order chi connectivity index (χ0) is 19.3. The molecule has 1 amide bonds. The topological polar surface area (TPSA) is 67.8 Å². The van der Waals surface area contributed by atoms with E-state index in [4.69, 9.17) is 0 Å². The molecule has 5 nitrogen and oxygen atoms in total. The predicted octanol–water partition coefficient (Wildman–Crippen LogP) is 4.57. The average Bonchev–Trinajstić information content (AvgIpc) is 3.33. The molecule has 28 heavy (non-hydrogen) atoms. The summed E-state index contributed by atoms with van der Waals surface area (Å²) in [6, 6.07) is 16.1. The molecule has 0 saturated heterocycles. The molecule has 0 aliphatic heterocycles. The molecular weight excluding hydrogens is 395 g/mol. The number of nitrogens with one attached hydrogen (secondary N) is 1. The number of carbonyl (C=O) groups excluding carboxylic acids is 1. The van der Waals surface area contributed by atoms with Crippen LogP contribution in [0, 0.1) is 5.82 Å². The van der Waals surface area contributed by atoms with Crippen LogP contribution in [0.25, 0.3) is 10.6 Å². The zero-order valence-corrected chi connectivity index (χ0v) is 16.3. The third-order valence-corrected chi connectivity index (χ3v) is 5.67. The van der Waals surface area contributed by atoms with E-state index in [0.29, 0.717) is 17.2 Å². The van der Waals surface area contributed by atoms with Crippen LogP contribution in [-0.2, 0) is 17.6 Å². The first-order valence-corrected chi connectivity index (χ1v) is 10.2. The molecule has 4 aromatic rings. The summed E-state index contributed by atoms with van der Waals surface area (Å²) in [7, 11) is 0. The van der Waals surface area contributed by atoms with E-state index in [1.807, 2.05) is 35.7 Å². The molecule has 0 unspecified atom stereocenters. The van der Waals surface area contributed by atoms with Crippen molar-refractivity contribution in [1.82, 2.24) is 15.2 Å². The summed E-state index contributed by atoms with van der Waals surface area (Å²) in [6.45, 7) is 0. The normalized spacial score (nSPS) is 10.8. The van der Waals surface area contributed by atoms with Gasteiger partial charge < -0.3 is 5.32 Å². The van der Waals surface area contributed by atoms with Crippen molar-refractivity contribution in [2.75, 3.05) is 5.32 Å². The highest BCUT2D eigenvalue weighted by Crippen LogP contribution is 2.24. The van der Waals surface area contributed by atoms with Gasteiger partial charge in [0.1, 0.15) is 15.8 Å². The largest absolute Gasteiger partial charge is 0.300 e. The van der Waals surface area contributed by atoms with Gasteiger partial charge in [0.15, 0.2) is 0 Å². The van der Waals surface area contributed by atoms with Crippen LogP contribution in [0.1, 0.15) is 16.3 Å². The van der Waals surface area contributed by atoms with Gasteiger partial charge in [0.25, 0.3) is 0 Å². The van der Waals surface area contributed by atoms with E-state index in [9.17, 15) is 9.18 Å². The Morgan fingerprint density at radius 3 is 2.61 bits per heavy atom. The molecule has 0 fully saturated rings. The van der Waals surface area contributed by atoms with Gasteiger partial charge in [-0.05, 0) is 29.8 Å². The van der Waals surface area contributed by atoms with Gasteiger partial charge in [-0.2, -0.15) is 0 Å². The molecule has 2 aromatic carbocycles. The van der Waals surface area contributed by atoms with Gasteiger partial charge in [0, 0.05) is 17.4 Å². The molecule has 140 valence electrons. The number of halogens is 1. The Labute approximate surface area is 168 Å². The molecule has 4 rings (SSSR count). The van der Waals surface area contributed by atoms with Gasteiger partial charge in [-0.3, -0.25) is 4.79 Å². The maximum absolute atomic E-state index is 13.0. The lowest BCUT2D eigenvalue weighted by Gasteiger charge is -1.99. The average molecular weight is 410 g/mol. The maximum Gasteiger partial charge on any atom is 0.232 e. The first-order chi connectivity index (χ1) is 13.7. The standard InChI is InChI=1S/C20H15FN4OS2/c21-15-8-6-14(7-9-15)19-22-16(12-27-19)11-17(26)23-20-25-24-18(28-20)10-13-4-2-1-3-5-13/h1-9,12H,10-11H2,(H,23,25,26). The molecule has 2 heterocycles. The summed E-state index contributed by atoms with van der Waals surface area (Å²) in [4.78, 5) is 16.7. The summed E-state index contributed by atoms with van der Waals surface area (Å²) >= 11 is 2.79. The van der Waals surface area contributed by atoms with Crippen molar-refractivity contribution in [3.63, 3.8) is 0 Å². The minimum absolute atomic E-state index is 0.144. The molecule has 0 bridgehead atoms. The monoisotopic (exact) mass is 410 g/mol. The SMILES string of the molecule is O=C(Cc1csc(-c2ccc(F)cc2)n1)Nc1nnc(Cc2ccccc2)s1. The second-order valence-corrected chi connectivity index (χ2v) is 7.96. The van der Waals surface area contributed by atoms with Gasteiger partial charge >= 0.3 is 0 Å². The molecule has 0 aliphatic rings. The van der Waals surface area contributed by atoms with Crippen LogP contribution in [-0.4, -0.2) is 21.1 Å². The Morgan fingerprint density at radius 1 is 1.04 bits per heavy atom. The van der Waals surface area contributed by atoms with Crippen molar-refractivity contribution < 1.29 is 9.18 Å². The highest BCUT2D eigenvalue weighted by atomic mass is 32.1. The van der Waals surface area contributed by atoms with Crippen molar-refractivity contribution in [3.05, 3.63) is 82.1 Å². The summed E-state index contributed by atoms with van der Waals surface area (Å²) < 4.78 is 13.0. The van der Waals surface area contributed by atoms with Crippen LogP contribution in [0.4, 0.5) is 9.52 Å². The minimum atomic E-state index is -0.288. The number of benzene rings is 2. The third-order valence-electron chi connectivity index (χ3n) is 3.90. The highest BCUT2D eigenvalue weighted by Gasteiger charge is 2.12. The van der Waals surface area contributed by atoms with Crippen molar-refractivity contribution in [2.24, 2.45) is 0 Å². The molecule has 0 radical (unpaired) electrons. The minimum Gasteiger partial charge on any atom is -0.300 e. The van der Waals surface area contributed by atoms with Gasteiger partial charge in [-0.15, -0.1) is 21.5 Å². The van der Waals surface area contributed by atoms with E-state index < -0.39 is 0 Å². The van der Waals surface area contributed by atoms with Crippen molar-refractivity contribution >= 4 is 33.7 Å². The second-order valence-electron chi connectivity index (χ2n) is 6.04. The van der Waals surface area contributed by atoms with Crippen LogP contribution in [0.15, 0.2) is 60.0 Å². The Kier molecular flexibility index (Phi) is 5.50. The Morgan fingerprint density at radius 2 is 1.82 bits per heavy atom. The molecule has 0 saturated carbocycles. The number of amides is 1. The highest BCUT2D eigenvalue weighted by molar-refractivity contribution is 7.15. The molecule has 8 heteroatoms. The van der Waals surface area contributed by atoms with Crippen molar-refractivity contribution in [3.8, 4) is 10.6 Å². The lowest BCUT2D eigenvalue weighted by molar-refractivity contribution is -0.115. The van der Waals surface area contributed by atoms with Crippen molar-refractivity contribution in [1.29, 1.82) is 0 Å². The number of aromatic nitrogens is 3. The van der Waals surface area contributed by atoms with Gasteiger partial charge in [-0.25, -0.2) is 9.37 Å². The summed E-state index contributed by atoms with van der Waals surface area (Å²) in [5, 5.41) is 14.8. The van der Waals surface area contributed by atoms with Crippen LogP contribution >= 0.6 is 22.7 Å². The van der Waals surface area contributed by atoms with E-state index in [1.165, 1.54) is 34.8 Å². The summed E-state index contributed by atoms with van der Waals surface area (Å²) in [6.07, 6.45) is 0.826. The molecular formula is C20H15FN4OS2. The van der Waals surface area contributed by atoms with Crippen LogP contribution in [0.5, 0.6) is 0 Å². The number of rotatable bonds is 6. The fourth-order valence-electron chi connectivity index (χ4n) is 2.59. The van der Waals surface area contributed by atoms with Crippen LogP contribution < -0.4 is 5.32 Å². The molecule has 2 aromatic heterocycles. The Balaban J connectivity index is 1.35. The van der Waals surface area contributed by atoms with Gasteiger partial charge in [0.2, 0.25) is 11.0 Å². The van der Waals surface area contributed by atoms with E-state index in [0.717, 1.165) is 21.1 Å². The van der Waals surface area contributed by atoms with Crippen molar-refractivity contribution in [2.45, 2.75) is 12.8 Å². The lowest BCUT2D eigenvalue weighted by atomic mass is 10.2. The smallest absolute Gasteiger partial charge is 0.232 e. The third kappa shape index (κ3) is 4.65. The van der Waals surface area contributed by atoms with E-state index in [1.54, 1.807) is 12.1 Å². The van der Waals surface area contributed by atoms with Gasteiger partial charge in [0.05, 0.1) is 12.1 Å².